The number of hydrogen-bond donors (Lipinski definition) is 0. The molecule has 1 saturated heterocycles. The van der Waals surface area contributed by atoms with E-state index in [2.05, 4.69) is 10.1 Å². The van der Waals surface area contributed by atoms with Crippen LogP contribution in [0, 0.1) is 6.92 Å². The number of rotatable bonds is 4. The van der Waals surface area contributed by atoms with Crippen molar-refractivity contribution in [2.75, 3.05) is 18.1 Å². The Morgan fingerprint density at radius 3 is 3.07 bits per heavy atom. The lowest BCUT2D eigenvalue weighted by atomic mass is 10.0. The molecule has 1 aliphatic heterocycles. The third kappa shape index (κ3) is 2.98. The van der Waals surface area contributed by atoms with Crippen molar-refractivity contribution in [2.24, 2.45) is 7.05 Å². The van der Waals surface area contributed by atoms with Crippen molar-refractivity contribution in [2.45, 2.75) is 38.7 Å². The Morgan fingerprint density at radius 1 is 1.43 bits per heavy atom. The van der Waals surface area contributed by atoms with Gasteiger partial charge >= 0.3 is 0 Å². The first-order chi connectivity index (χ1) is 13.6. The van der Waals surface area contributed by atoms with Gasteiger partial charge in [0.1, 0.15) is 4.88 Å². The number of amides is 1. The molecule has 1 amide bonds. The highest BCUT2D eigenvalue weighted by atomic mass is 32.1. The van der Waals surface area contributed by atoms with Crippen LogP contribution < -0.4 is 4.90 Å². The van der Waals surface area contributed by atoms with Crippen LogP contribution in [0.1, 0.15) is 38.8 Å². The fraction of sp³-hybridized carbons (Fsp3) is 0.474. The molecule has 1 fully saturated rings. The molecular formula is C19H21N5O2S2. The molecule has 3 aromatic rings. The average Bonchev–Trinajstić information content (AvgIpc) is 3.46. The van der Waals surface area contributed by atoms with Crippen molar-refractivity contribution in [3.8, 4) is 11.3 Å². The van der Waals surface area contributed by atoms with Gasteiger partial charge in [-0.1, -0.05) is 0 Å². The fourth-order valence-corrected chi connectivity index (χ4v) is 5.73. The summed E-state index contributed by atoms with van der Waals surface area (Å²) in [7, 11) is 1.97. The third-order valence-electron chi connectivity index (χ3n) is 5.42. The van der Waals surface area contributed by atoms with Gasteiger partial charge in [0.25, 0.3) is 5.91 Å². The molecule has 28 heavy (non-hydrogen) atoms. The minimum absolute atomic E-state index is 0.0343. The van der Waals surface area contributed by atoms with Crippen molar-refractivity contribution in [1.82, 2.24) is 19.7 Å². The lowest BCUT2D eigenvalue weighted by molar-refractivity contribution is 0.0920. The van der Waals surface area contributed by atoms with Gasteiger partial charge in [-0.25, -0.2) is 9.97 Å². The van der Waals surface area contributed by atoms with Crippen LogP contribution in [0.5, 0.6) is 0 Å². The molecule has 0 unspecified atom stereocenters. The molecule has 0 N–H and O–H groups in total. The molecular weight excluding hydrogens is 394 g/mol. The lowest BCUT2D eigenvalue weighted by Crippen LogP contribution is -2.37. The Balaban J connectivity index is 1.53. The summed E-state index contributed by atoms with van der Waals surface area (Å²) in [6.07, 6.45) is 5.85. The van der Waals surface area contributed by atoms with Crippen LogP contribution in [0.3, 0.4) is 0 Å². The molecule has 146 valence electrons. The van der Waals surface area contributed by atoms with E-state index in [0.29, 0.717) is 11.4 Å². The molecule has 3 aromatic heterocycles. The summed E-state index contributed by atoms with van der Waals surface area (Å²) in [5.41, 5.74) is 5.76. The monoisotopic (exact) mass is 415 g/mol. The van der Waals surface area contributed by atoms with Gasteiger partial charge in [0, 0.05) is 29.8 Å². The second kappa shape index (κ2) is 7.06. The highest BCUT2D eigenvalue weighted by Gasteiger charge is 2.31. The van der Waals surface area contributed by atoms with Crippen molar-refractivity contribution in [3.63, 3.8) is 0 Å². The van der Waals surface area contributed by atoms with E-state index in [4.69, 9.17) is 9.72 Å². The molecule has 0 spiro atoms. The molecule has 9 heteroatoms. The Hall–Kier alpha value is -2.10. The van der Waals surface area contributed by atoms with Crippen LogP contribution >= 0.6 is 22.7 Å². The Morgan fingerprint density at radius 2 is 2.32 bits per heavy atom. The number of thiazole rings is 2. The first-order valence-electron chi connectivity index (χ1n) is 9.46. The second-order valence-corrected chi connectivity index (χ2v) is 9.13. The van der Waals surface area contributed by atoms with Crippen molar-refractivity contribution < 1.29 is 9.53 Å². The molecule has 1 aliphatic carbocycles. The van der Waals surface area contributed by atoms with Gasteiger partial charge in [0.05, 0.1) is 35.7 Å². The maximum absolute atomic E-state index is 13.4. The predicted molar refractivity (Wildman–Crippen MR) is 109 cm³/mol. The lowest BCUT2D eigenvalue weighted by Gasteiger charge is -2.22. The number of hydrogen-bond acceptors (Lipinski definition) is 7. The zero-order valence-electron chi connectivity index (χ0n) is 15.8. The van der Waals surface area contributed by atoms with Gasteiger partial charge in [-0.05, 0) is 32.6 Å². The summed E-state index contributed by atoms with van der Waals surface area (Å²) in [4.78, 5) is 26.2. The first-order valence-corrected chi connectivity index (χ1v) is 11.2. The van der Waals surface area contributed by atoms with E-state index >= 15 is 0 Å². The molecule has 0 saturated carbocycles. The largest absolute Gasteiger partial charge is 0.376 e. The van der Waals surface area contributed by atoms with Gasteiger partial charge < -0.3 is 4.74 Å². The Bertz CT molecular complexity index is 1030. The minimum Gasteiger partial charge on any atom is -0.376 e. The van der Waals surface area contributed by atoms with Gasteiger partial charge in [0.2, 0.25) is 0 Å². The van der Waals surface area contributed by atoms with Crippen LogP contribution in [-0.4, -0.2) is 44.9 Å². The standard InChI is InChI=1S/C19H21N5O2S2/c1-11-17(27-10-20-11)18(25)24(9-12-4-3-7-26-12)19-22-16-13-8-21-23(2)14(13)5-6-15(16)28-19/h8,10,12H,3-7,9H2,1-2H3/t12-/m0/s1. The molecule has 7 nitrogen and oxygen atoms in total. The number of carbonyl (C=O) groups excluding carboxylic acids is 1. The van der Waals surface area contributed by atoms with Crippen LogP contribution in [0.25, 0.3) is 11.3 Å². The van der Waals surface area contributed by atoms with E-state index in [1.807, 2.05) is 24.9 Å². The van der Waals surface area contributed by atoms with Crippen molar-refractivity contribution in [3.05, 3.63) is 32.8 Å². The van der Waals surface area contributed by atoms with Crippen LogP contribution in [0.2, 0.25) is 0 Å². The summed E-state index contributed by atoms with van der Waals surface area (Å²) >= 11 is 3.00. The van der Waals surface area contributed by atoms with E-state index in [0.717, 1.165) is 54.4 Å². The van der Waals surface area contributed by atoms with Crippen LogP contribution in [-0.2, 0) is 24.6 Å². The van der Waals surface area contributed by atoms with Gasteiger partial charge in [0.15, 0.2) is 5.13 Å². The SMILES string of the molecule is Cc1ncsc1C(=O)N(C[C@@H]1CCCO1)c1nc2c(s1)CCc1c-2cnn1C. The minimum atomic E-state index is -0.0343. The van der Waals surface area contributed by atoms with Crippen LogP contribution in [0.4, 0.5) is 5.13 Å². The smallest absolute Gasteiger partial charge is 0.272 e. The van der Waals surface area contributed by atoms with E-state index in [1.165, 1.54) is 21.9 Å². The van der Waals surface area contributed by atoms with Crippen LogP contribution in [0.15, 0.2) is 11.7 Å². The quantitative estimate of drug-likeness (QED) is 0.654. The summed E-state index contributed by atoms with van der Waals surface area (Å²) in [5.74, 6) is -0.0343. The van der Waals surface area contributed by atoms with Gasteiger partial charge in [-0.2, -0.15) is 5.10 Å². The zero-order chi connectivity index (χ0) is 19.3. The molecule has 0 bridgehead atoms. The maximum atomic E-state index is 13.4. The molecule has 0 aromatic carbocycles. The third-order valence-corrected chi connectivity index (χ3v) is 7.47. The predicted octanol–water partition coefficient (Wildman–Crippen LogP) is 3.23. The van der Waals surface area contributed by atoms with Crippen molar-refractivity contribution >= 4 is 33.7 Å². The summed E-state index contributed by atoms with van der Waals surface area (Å²) < 4.78 is 7.75. The molecule has 4 heterocycles. The molecule has 0 radical (unpaired) electrons. The van der Waals surface area contributed by atoms with Gasteiger partial charge in [-0.3, -0.25) is 14.4 Å². The molecule has 2 aliphatic rings. The highest BCUT2D eigenvalue weighted by molar-refractivity contribution is 7.16. The van der Waals surface area contributed by atoms with Gasteiger partial charge in [-0.15, -0.1) is 22.7 Å². The van der Waals surface area contributed by atoms with E-state index < -0.39 is 0 Å². The number of aryl methyl sites for hydroxylation is 3. The highest BCUT2D eigenvalue weighted by Crippen LogP contribution is 2.40. The van der Waals surface area contributed by atoms with E-state index in [1.54, 1.807) is 21.7 Å². The van der Waals surface area contributed by atoms with Crippen molar-refractivity contribution in [1.29, 1.82) is 0 Å². The average molecular weight is 416 g/mol. The number of carbonyl (C=O) groups is 1. The summed E-state index contributed by atoms with van der Waals surface area (Å²) in [5, 5.41) is 5.14. The zero-order valence-corrected chi connectivity index (χ0v) is 17.5. The summed E-state index contributed by atoms with van der Waals surface area (Å²) in [6, 6.07) is 0. The maximum Gasteiger partial charge on any atom is 0.272 e. The number of ether oxygens (including phenoxy) is 1. The number of fused-ring (bicyclic) bond motifs is 3. The Labute approximate surface area is 171 Å². The number of nitrogens with zero attached hydrogens (tertiary/aromatic N) is 5. The van der Waals surface area contributed by atoms with E-state index in [-0.39, 0.29) is 12.0 Å². The fourth-order valence-electron chi connectivity index (χ4n) is 3.89. The Kier molecular flexibility index (Phi) is 4.53. The number of aromatic nitrogens is 4. The molecule has 1 atom stereocenters. The topological polar surface area (TPSA) is 73.1 Å². The summed E-state index contributed by atoms with van der Waals surface area (Å²) in [6.45, 7) is 3.17. The normalized spacial score (nSPS) is 18.1. The molecule has 5 rings (SSSR count). The first kappa shape index (κ1) is 18.0. The van der Waals surface area contributed by atoms with E-state index in [9.17, 15) is 4.79 Å². The number of anilines is 1. The second-order valence-electron chi connectivity index (χ2n) is 7.21.